The fourth-order valence-electron chi connectivity index (χ4n) is 3.09. The van der Waals surface area contributed by atoms with E-state index in [1.807, 2.05) is 6.92 Å². The maximum absolute atomic E-state index is 6.24. The summed E-state index contributed by atoms with van der Waals surface area (Å²) >= 11 is 7.86. The third-order valence-corrected chi connectivity index (χ3v) is 5.51. The van der Waals surface area contributed by atoms with Gasteiger partial charge in [0, 0.05) is 10.9 Å². The first-order valence-electron chi connectivity index (χ1n) is 7.26. The molecule has 0 atom stereocenters. The molecule has 1 aromatic carbocycles. The molecule has 4 heteroatoms. The minimum absolute atomic E-state index is 0.562. The highest BCUT2D eigenvalue weighted by Gasteiger charge is 2.15. The van der Waals surface area contributed by atoms with Crippen molar-refractivity contribution in [3.05, 3.63) is 45.7 Å². The molecule has 21 heavy (non-hydrogen) atoms. The SMILES string of the molecule is Cc1nc(Cl)c2scc(-c3ccc4c(c3)CCCC4)c2n1. The molecule has 0 N–H and O–H groups in total. The van der Waals surface area contributed by atoms with Crippen LogP contribution in [0.3, 0.4) is 0 Å². The molecule has 1 aliphatic rings. The van der Waals surface area contributed by atoms with Gasteiger partial charge < -0.3 is 0 Å². The maximum Gasteiger partial charge on any atom is 0.150 e. The van der Waals surface area contributed by atoms with Gasteiger partial charge in [-0.25, -0.2) is 9.97 Å². The van der Waals surface area contributed by atoms with E-state index >= 15 is 0 Å². The normalized spacial score (nSPS) is 14.4. The molecule has 2 aromatic heterocycles. The van der Waals surface area contributed by atoms with Crippen molar-refractivity contribution >= 4 is 33.2 Å². The number of hydrogen-bond acceptors (Lipinski definition) is 3. The molecule has 0 aliphatic heterocycles. The first kappa shape index (κ1) is 13.2. The minimum atomic E-state index is 0.562. The van der Waals surface area contributed by atoms with Crippen molar-refractivity contribution in [2.45, 2.75) is 32.6 Å². The highest BCUT2D eigenvalue weighted by atomic mass is 35.5. The number of benzene rings is 1. The molecule has 0 unspecified atom stereocenters. The lowest BCUT2D eigenvalue weighted by atomic mass is 9.89. The molecule has 0 amide bonds. The van der Waals surface area contributed by atoms with Crippen LogP contribution >= 0.6 is 22.9 Å². The Morgan fingerprint density at radius 1 is 1.10 bits per heavy atom. The van der Waals surface area contributed by atoms with Gasteiger partial charge in [0.15, 0.2) is 5.15 Å². The summed E-state index contributed by atoms with van der Waals surface area (Å²) in [5.41, 5.74) is 6.41. The Balaban J connectivity index is 1.90. The summed E-state index contributed by atoms with van der Waals surface area (Å²) in [5, 5.41) is 2.71. The van der Waals surface area contributed by atoms with E-state index in [-0.39, 0.29) is 0 Å². The Hall–Kier alpha value is -1.45. The fraction of sp³-hybridized carbons (Fsp3) is 0.294. The van der Waals surface area contributed by atoms with E-state index < -0.39 is 0 Å². The van der Waals surface area contributed by atoms with Crippen LogP contribution in [-0.2, 0) is 12.8 Å². The standard InChI is InChI=1S/C17H15ClN2S/c1-10-19-15-14(9-21-16(15)17(18)20-10)13-7-6-11-4-2-3-5-12(11)8-13/h6-9H,2-5H2,1H3. The highest BCUT2D eigenvalue weighted by Crippen LogP contribution is 2.37. The molecule has 106 valence electrons. The summed E-state index contributed by atoms with van der Waals surface area (Å²) in [5.74, 6) is 0.727. The molecular formula is C17H15ClN2S. The van der Waals surface area contributed by atoms with Gasteiger partial charge in [0.2, 0.25) is 0 Å². The first-order valence-corrected chi connectivity index (χ1v) is 8.51. The van der Waals surface area contributed by atoms with E-state index in [0.29, 0.717) is 5.15 Å². The van der Waals surface area contributed by atoms with E-state index in [9.17, 15) is 0 Å². The first-order chi connectivity index (χ1) is 10.2. The van der Waals surface area contributed by atoms with E-state index in [2.05, 4.69) is 33.5 Å². The zero-order chi connectivity index (χ0) is 14.4. The summed E-state index contributed by atoms with van der Waals surface area (Å²) in [6.07, 6.45) is 5.02. The van der Waals surface area contributed by atoms with E-state index in [4.69, 9.17) is 11.6 Å². The lowest BCUT2D eigenvalue weighted by Crippen LogP contribution is -2.02. The van der Waals surface area contributed by atoms with Gasteiger partial charge in [-0.15, -0.1) is 11.3 Å². The molecule has 0 saturated carbocycles. The molecule has 0 spiro atoms. The van der Waals surface area contributed by atoms with Crippen LogP contribution in [0.15, 0.2) is 23.6 Å². The second kappa shape index (κ2) is 5.08. The Labute approximate surface area is 132 Å². The number of hydrogen-bond donors (Lipinski definition) is 0. The lowest BCUT2D eigenvalue weighted by molar-refractivity contribution is 0.686. The average Bonchev–Trinajstić information content (AvgIpc) is 2.91. The molecule has 1 aliphatic carbocycles. The average molecular weight is 315 g/mol. The monoisotopic (exact) mass is 314 g/mol. The predicted octanol–water partition coefficient (Wildman–Crippen LogP) is 5.20. The van der Waals surface area contributed by atoms with Crippen LogP contribution < -0.4 is 0 Å². The molecule has 0 saturated heterocycles. The van der Waals surface area contributed by atoms with Gasteiger partial charge in [-0.05, 0) is 49.3 Å². The van der Waals surface area contributed by atoms with Crippen LogP contribution in [0, 0.1) is 6.92 Å². The minimum Gasteiger partial charge on any atom is -0.232 e. The zero-order valence-corrected chi connectivity index (χ0v) is 13.4. The fourth-order valence-corrected chi connectivity index (χ4v) is 4.33. The number of nitrogens with zero attached hydrogens (tertiary/aromatic N) is 2. The number of fused-ring (bicyclic) bond motifs is 2. The molecule has 0 fully saturated rings. The molecule has 2 heterocycles. The summed E-state index contributed by atoms with van der Waals surface area (Å²) in [6.45, 7) is 1.89. The number of halogens is 1. The van der Waals surface area contributed by atoms with Crippen molar-refractivity contribution < 1.29 is 0 Å². The van der Waals surface area contributed by atoms with Crippen molar-refractivity contribution in [3.8, 4) is 11.1 Å². The lowest BCUT2D eigenvalue weighted by Gasteiger charge is -2.16. The summed E-state index contributed by atoms with van der Waals surface area (Å²) in [6, 6.07) is 6.83. The van der Waals surface area contributed by atoms with Crippen LogP contribution in [0.1, 0.15) is 29.8 Å². The Bertz CT molecular complexity index is 838. The van der Waals surface area contributed by atoms with Gasteiger partial charge in [-0.2, -0.15) is 0 Å². The third-order valence-electron chi connectivity index (χ3n) is 4.15. The molecular weight excluding hydrogens is 300 g/mol. The largest absolute Gasteiger partial charge is 0.232 e. The molecule has 2 nitrogen and oxygen atoms in total. The van der Waals surface area contributed by atoms with E-state index in [1.54, 1.807) is 11.3 Å². The van der Waals surface area contributed by atoms with Gasteiger partial charge in [-0.1, -0.05) is 29.8 Å². The zero-order valence-electron chi connectivity index (χ0n) is 11.8. The molecule has 3 aromatic rings. The summed E-state index contributed by atoms with van der Waals surface area (Å²) < 4.78 is 0.981. The van der Waals surface area contributed by atoms with Crippen LogP contribution in [0.2, 0.25) is 5.15 Å². The maximum atomic E-state index is 6.24. The van der Waals surface area contributed by atoms with Gasteiger partial charge >= 0.3 is 0 Å². The second-order valence-corrected chi connectivity index (χ2v) is 6.82. The second-order valence-electron chi connectivity index (χ2n) is 5.58. The topological polar surface area (TPSA) is 25.8 Å². The Morgan fingerprint density at radius 2 is 1.90 bits per heavy atom. The van der Waals surface area contributed by atoms with Crippen LogP contribution in [-0.4, -0.2) is 9.97 Å². The van der Waals surface area contributed by atoms with Crippen molar-refractivity contribution in [1.29, 1.82) is 0 Å². The number of rotatable bonds is 1. The van der Waals surface area contributed by atoms with Gasteiger partial charge in [0.1, 0.15) is 5.82 Å². The molecule has 0 bridgehead atoms. The number of aryl methyl sites for hydroxylation is 3. The third kappa shape index (κ3) is 2.25. The van der Waals surface area contributed by atoms with Crippen molar-refractivity contribution in [1.82, 2.24) is 9.97 Å². The van der Waals surface area contributed by atoms with Crippen LogP contribution in [0.5, 0.6) is 0 Å². The van der Waals surface area contributed by atoms with E-state index in [0.717, 1.165) is 16.0 Å². The molecule has 4 rings (SSSR count). The summed E-state index contributed by atoms with van der Waals surface area (Å²) in [4.78, 5) is 8.84. The predicted molar refractivity (Wildman–Crippen MR) is 89.2 cm³/mol. The van der Waals surface area contributed by atoms with Gasteiger partial charge in [0.05, 0.1) is 10.2 Å². The molecule has 0 radical (unpaired) electrons. The van der Waals surface area contributed by atoms with E-state index in [1.165, 1.54) is 47.9 Å². The van der Waals surface area contributed by atoms with Gasteiger partial charge in [0.25, 0.3) is 0 Å². The van der Waals surface area contributed by atoms with Crippen molar-refractivity contribution in [2.24, 2.45) is 0 Å². The smallest absolute Gasteiger partial charge is 0.150 e. The van der Waals surface area contributed by atoms with Crippen LogP contribution in [0.25, 0.3) is 21.3 Å². The Kier molecular flexibility index (Phi) is 3.20. The van der Waals surface area contributed by atoms with Crippen molar-refractivity contribution in [3.63, 3.8) is 0 Å². The Morgan fingerprint density at radius 3 is 2.76 bits per heavy atom. The van der Waals surface area contributed by atoms with Gasteiger partial charge in [-0.3, -0.25) is 0 Å². The number of thiophene rings is 1. The van der Waals surface area contributed by atoms with Crippen LogP contribution in [0.4, 0.5) is 0 Å². The number of aromatic nitrogens is 2. The highest BCUT2D eigenvalue weighted by molar-refractivity contribution is 7.18. The quantitative estimate of drug-likeness (QED) is 0.577. The van der Waals surface area contributed by atoms with Crippen molar-refractivity contribution in [2.75, 3.05) is 0 Å². The summed E-state index contributed by atoms with van der Waals surface area (Å²) in [7, 11) is 0.